The maximum atomic E-state index is 12.5. The highest BCUT2D eigenvalue weighted by Gasteiger charge is 2.18. The largest absolute Gasteiger partial charge is 0.496 e. The number of carbonyl (C=O) groups is 1. The Morgan fingerprint density at radius 3 is 2.82 bits per heavy atom. The zero-order valence-electron chi connectivity index (χ0n) is 18.2. The minimum Gasteiger partial charge on any atom is -0.496 e. The van der Waals surface area contributed by atoms with E-state index in [0.29, 0.717) is 46.5 Å². The molecule has 4 aromatic rings. The van der Waals surface area contributed by atoms with Crippen molar-refractivity contribution in [1.29, 1.82) is 0 Å². The number of ether oxygens (including phenoxy) is 1. The Morgan fingerprint density at radius 2 is 2.00 bits per heavy atom. The van der Waals surface area contributed by atoms with Crippen LogP contribution in [0.4, 0.5) is 0 Å². The monoisotopic (exact) mass is 466 g/mol. The Kier molecular flexibility index (Phi) is 5.95. The molecule has 0 unspecified atom stereocenters. The normalized spacial score (nSPS) is 14.1. The number of carbonyl (C=O) groups excluding carboxylic acids is 1. The molecule has 33 heavy (non-hydrogen) atoms. The van der Waals surface area contributed by atoms with Gasteiger partial charge in [-0.2, -0.15) is 4.98 Å². The highest BCUT2D eigenvalue weighted by atomic mass is 35.5. The summed E-state index contributed by atoms with van der Waals surface area (Å²) in [6.45, 7) is 2.21. The molecule has 2 aromatic carbocycles. The van der Waals surface area contributed by atoms with Crippen LogP contribution >= 0.6 is 11.6 Å². The van der Waals surface area contributed by atoms with Crippen molar-refractivity contribution in [2.45, 2.75) is 32.2 Å². The molecule has 5 rings (SSSR count). The Morgan fingerprint density at radius 1 is 1.15 bits per heavy atom. The van der Waals surface area contributed by atoms with Crippen LogP contribution in [0.5, 0.6) is 5.75 Å². The zero-order chi connectivity index (χ0) is 22.8. The highest BCUT2D eigenvalue weighted by molar-refractivity contribution is 6.30. The molecule has 1 aliphatic rings. The van der Waals surface area contributed by atoms with Crippen molar-refractivity contribution >= 4 is 28.5 Å². The number of fused-ring (bicyclic) bond motifs is 1. The summed E-state index contributed by atoms with van der Waals surface area (Å²) in [5.41, 5.74) is 2.97. The molecule has 2 aromatic heterocycles. The SMILES string of the molecule is COc1cc(Cl)ccc1-c1nc(-c2ccc3c(c2)nnn3CCC(=O)N2CCCCC2)no1. The summed E-state index contributed by atoms with van der Waals surface area (Å²) < 4.78 is 12.6. The summed E-state index contributed by atoms with van der Waals surface area (Å²) in [4.78, 5) is 18.9. The molecule has 1 aliphatic heterocycles. The number of methoxy groups -OCH3 is 1. The number of nitrogens with zero attached hydrogens (tertiary/aromatic N) is 6. The lowest BCUT2D eigenvalue weighted by Gasteiger charge is -2.26. The molecule has 9 nitrogen and oxygen atoms in total. The predicted molar refractivity (Wildman–Crippen MR) is 123 cm³/mol. The number of hydrogen-bond donors (Lipinski definition) is 0. The van der Waals surface area contributed by atoms with Crippen LogP contribution in [0.2, 0.25) is 5.02 Å². The molecule has 0 atom stereocenters. The smallest absolute Gasteiger partial charge is 0.262 e. The van der Waals surface area contributed by atoms with Gasteiger partial charge in [0.15, 0.2) is 0 Å². The van der Waals surface area contributed by atoms with E-state index < -0.39 is 0 Å². The summed E-state index contributed by atoms with van der Waals surface area (Å²) in [5, 5.41) is 13.2. The second-order valence-electron chi connectivity index (χ2n) is 7.98. The fourth-order valence-corrected chi connectivity index (χ4v) is 4.23. The molecular weight excluding hydrogens is 444 g/mol. The molecule has 3 heterocycles. The molecule has 10 heteroatoms. The number of likely N-dealkylation sites (tertiary alicyclic amines) is 1. The van der Waals surface area contributed by atoms with Crippen molar-refractivity contribution < 1.29 is 14.1 Å². The number of halogens is 1. The van der Waals surface area contributed by atoms with Gasteiger partial charge < -0.3 is 14.2 Å². The average molecular weight is 467 g/mol. The van der Waals surface area contributed by atoms with Gasteiger partial charge in [0.25, 0.3) is 5.89 Å². The zero-order valence-corrected chi connectivity index (χ0v) is 19.0. The fourth-order valence-electron chi connectivity index (χ4n) is 4.07. The van der Waals surface area contributed by atoms with Gasteiger partial charge in [-0.3, -0.25) is 4.79 Å². The minimum absolute atomic E-state index is 0.173. The molecule has 0 saturated carbocycles. The molecular formula is C23H23ClN6O3. The first-order valence-electron chi connectivity index (χ1n) is 10.9. The van der Waals surface area contributed by atoms with E-state index in [1.165, 1.54) is 6.42 Å². The summed E-state index contributed by atoms with van der Waals surface area (Å²) in [5.74, 6) is 1.49. The quantitative estimate of drug-likeness (QED) is 0.419. The van der Waals surface area contributed by atoms with Gasteiger partial charge in [0, 0.05) is 30.1 Å². The Hall–Kier alpha value is -3.46. The number of aryl methyl sites for hydroxylation is 1. The number of rotatable bonds is 6. The molecule has 0 radical (unpaired) electrons. The fraction of sp³-hybridized carbons (Fsp3) is 0.348. The van der Waals surface area contributed by atoms with Crippen LogP contribution in [-0.2, 0) is 11.3 Å². The first-order valence-corrected chi connectivity index (χ1v) is 11.3. The molecule has 1 fully saturated rings. The van der Waals surface area contributed by atoms with Crippen molar-refractivity contribution in [2.75, 3.05) is 20.2 Å². The van der Waals surface area contributed by atoms with Crippen molar-refractivity contribution in [1.82, 2.24) is 30.0 Å². The summed E-state index contributed by atoms with van der Waals surface area (Å²) in [6, 6.07) is 10.9. The summed E-state index contributed by atoms with van der Waals surface area (Å²) in [6.07, 6.45) is 3.79. The van der Waals surface area contributed by atoms with E-state index in [0.717, 1.165) is 37.0 Å². The summed E-state index contributed by atoms with van der Waals surface area (Å²) >= 11 is 6.04. The number of benzene rings is 2. The van der Waals surface area contributed by atoms with Gasteiger partial charge in [-0.05, 0) is 55.7 Å². The van der Waals surface area contributed by atoms with E-state index in [2.05, 4.69) is 20.5 Å². The Balaban J connectivity index is 1.33. The van der Waals surface area contributed by atoms with E-state index in [9.17, 15) is 4.79 Å². The van der Waals surface area contributed by atoms with Crippen molar-refractivity contribution in [3.8, 4) is 28.6 Å². The van der Waals surface area contributed by atoms with Gasteiger partial charge in [0.05, 0.1) is 24.7 Å². The number of aromatic nitrogens is 5. The van der Waals surface area contributed by atoms with E-state index in [1.54, 1.807) is 30.0 Å². The van der Waals surface area contributed by atoms with Gasteiger partial charge >= 0.3 is 0 Å². The number of amides is 1. The van der Waals surface area contributed by atoms with Crippen LogP contribution in [0.3, 0.4) is 0 Å². The van der Waals surface area contributed by atoms with E-state index in [-0.39, 0.29) is 5.91 Å². The molecule has 0 N–H and O–H groups in total. The van der Waals surface area contributed by atoms with Crippen molar-refractivity contribution in [2.24, 2.45) is 0 Å². The molecule has 1 amide bonds. The van der Waals surface area contributed by atoms with Crippen LogP contribution in [0.1, 0.15) is 25.7 Å². The molecule has 0 spiro atoms. The van der Waals surface area contributed by atoms with Gasteiger partial charge in [0.1, 0.15) is 11.3 Å². The first kappa shape index (κ1) is 21.4. The lowest BCUT2D eigenvalue weighted by Crippen LogP contribution is -2.36. The lowest BCUT2D eigenvalue weighted by molar-refractivity contribution is -0.132. The van der Waals surface area contributed by atoms with E-state index >= 15 is 0 Å². The highest BCUT2D eigenvalue weighted by Crippen LogP contribution is 2.32. The maximum absolute atomic E-state index is 12.5. The van der Waals surface area contributed by atoms with Crippen molar-refractivity contribution in [3.05, 3.63) is 41.4 Å². The van der Waals surface area contributed by atoms with Crippen LogP contribution in [0, 0.1) is 0 Å². The van der Waals surface area contributed by atoms with Crippen LogP contribution < -0.4 is 4.74 Å². The van der Waals surface area contributed by atoms with Crippen LogP contribution in [0.15, 0.2) is 40.9 Å². The van der Waals surface area contributed by atoms with Crippen LogP contribution in [0.25, 0.3) is 33.9 Å². The lowest BCUT2D eigenvalue weighted by atomic mass is 10.1. The second kappa shape index (κ2) is 9.19. The summed E-state index contributed by atoms with van der Waals surface area (Å²) in [7, 11) is 1.56. The van der Waals surface area contributed by atoms with Gasteiger partial charge in [-0.1, -0.05) is 22.0 Å². The van der Waals surface area contributed by atoms with Crippen molar-refractivity contribution in [3.63, 3.8) is 0 Å². The predicted octanol–water partition coefficient (Wildman–Crippen LogP) is 4.21. The topological polar surface area (TPSA) is 99.2 Å². The third-order valence-corrected chi connectivity index (χ3v) is 6.07. The first-order chi connectivity index (χ1) is 16.1. The molecule has 170 valence electrons. The van der Waals surface area contributed by atoms with Crippen LogP contribution in [-0.4, -0.2) is 56.1 Å². The maximum Gasteiger partial charge on any atom is 0.262 e. The van der Waals surface area contributed by atoms with Gasteiger partial charge in [-0.15, -0.1) is 5.10 Å². The number of piperidine rings is 1. The third kappa shape index (κ3) is 4.41. The Bertz CT molecular complexity index is 1290. The van der Waals surface area contributed by atoms with E-state index in [1.807, 2.05) is 23.1 Å². The second-order valence-corrected chi connectivity index (χ2v) is 8.41. The minimum atomic E-state index is 0.173. The average Bonchev–Trinajstić information content (AvgIpc) is 3.50. The molecule has 1 saturated heterocycles. The van der Waals surface area contributed by atoms with E-state index in [4.69, 9.17) is 20.9 Å². The molecule has 0 aliphatic carbocycles. The number of hydrogen-bond acceptors (Lipinski definition) is 7. The van der Waals surface area contributed by atoms with Gasteiger partial charge in [-0.25, -0.2) is 4.68 Å². The third-order valence-electron chi connectivity index (χ3n) is 5.84. The Labute approximate surface area is 195 Å². The van der Waals surface area contributed by atoms with Gasteiger partial charge in [0.2, 0.25) is 11.7 Å². The molecule has 0 bridgehead atoms. The standard InChI is InChI=1S/C23H23ClN6O3/c1-32-20-14-16(24)6-7-17(20)23-25-22(27-33-23)15-5-8-19-18(13-15)26-28-30(19)12-9-21(31)29-10-3-2-4-11-29/h5-8,13-14H,2-4,9-12H2,1H3.